The summed E-state index contributed by atoms with van der Waals surface area (Å²) in [5, 5.41) is 0. The van der Waals surface area contributed by atoms with Crippen LogP contribution in [-0.4, -0.2) is 43.2 Å². The van der Waals surface area contributed by atoms with E-state index in [1.165, 1.54) is 44.9 Å². The number of amides is 1. The first kappa shape index (κ1) is 18.7. The summed E-state index contributed by atoms with van der Waals surface area (Å²) >= 11 is 0. The van der Waals surface area contributed by atoms with Crippen molar-refractivity contribution in [2.24, 2.45) is 11.7 Å². The van der Waals surface area contributed by atoms with Crippen molar-refractivity contribution in [1.82, 2.24) is 4.90 Å². The topological polar surface area (TPSA) is 55.6 Å². The minimum atomic E-state index is -0.126. The van der Waals surface area contributed by atoms with Crippen LogP contribution in [0.4, 0.5) is 0 Å². The second-order valence-electron chi connectivity index (χ2n) is 6.42. The van der Waals surface area contributed by atoms with Gasteiger partial charge >= 0.3 is 0 Å². The molecule has 0 aromatic carbocycles. The predicted octanol–water partition coefficient (Wildman–Crippen LogP) is 2.73. The molecule has 2 fully saturated rings. The third kappa shape index (κ3) is 5.42. The van der Waals surface area contributed by atoms with Crippen LogP contribution in [0.2, 0.25) is 0 Å². The van der Waals surface area contributed by atoms with E-state index in [2.05, 4.69) is 4.90 Å². The molecule has 0 aromatic rings. The molecule has 124 valence electrons. The average molecular weight is 319 g/mol. The number of hydrogen-bond donors (Lipinski definition) is 1. The lowest BCUT2D eigenvalue weighted by Crippen LogP contribution is -2.40. The highest BCUT2D eigenvalue weighted by Crippen LogP contribution is 2.32. The van der Waals surface area contributed by atoms with Crippen LogP contribution in [0.3, 0.4) is 0 Å². The van der Waals surface area contributed by atoms with Gasteiger partial charge in [0.15, 0.2) is 0 Å². The molecular weight excluding hydrogens is 288 g/mol. The van der Waals surface area contributed by atoms with Crippen LogP contribution in [0.5, 0.6) is 0 Å². The van der Waals surface area contributed by atoms with Crippen molar-refractivity contribution >= 4 is 18.3 Å². The maximum atomic E-state index is 12.4. The maximum absolute atomic E-state index is 12.4. The number of carbonyl (C=O) groups is 1. The second kappa shape index (κ2) is 9.65. The molecule has 1 amide bonds. The minimum Gasteiger partial charge on any atom is -0.380 e. The van der Waals surface area contributed by atoms with Crippen molar-refractivity contribution < 1.29 is 9.53 Å². The largest absolute Gasteiger partial charge is 0.380 e. The number of hydrogen-bond acceptors (Lipinski definition) is 3. The molecule has 1 heterocycles. The van der Waals surface area contributed by atoms with Crippen LogP contribution >= 0.6 is 12.4 Å². The summed E-state index contributed by atoms with van der Waals surface area (Å²) in [4.78, 5) is 14.5. The van der Waals surface area contributed by atoms with Gasteiger partial charge in [-0.3, -0.25) is 4.79 Å². The van der Waals surface area contributed by atoms with Gasteiger partial charge in [-0.15, -0.1) is 12.4 Å². The zero-order chi connectivity index (χ0) is 14.4. The molecule has 2 rings (SSSR count). The third-order valence-corrected chi connectivity index (χ3v) is 5.03. The van der Waals surface area contributed by atoms with E-state index >= 15 is 0 Å². The summed E-state index contributed by atoms with van der Waals surface area (Å²) in [7, 11) is 1.63. The average Bonchev–Trinajstić information content (AvgIpc) is 2.94. The van der Waals surface area contributed by atoms with Gasteiger partial charge < -0.3 is 15.4 Å². The summed E-state index contributed by atoms with van der Waals surface area (Å²) < 4.78 is 5.24. The fourth-order valence-corrected chi connectivity index (χ4v) is 3.79. The van der Waals surface area contributed by atoms with Gasteiger partial charge in [0.25, 0.3) is 0 Å². The van der Waals surface area contributed by atoms with E-state index in [0.717, 1.165) is 18.9 Å². The summed E-state index contributed by atoms with van der Waals surface area (Å²) in [6.45, 7) is 1.35. The first-order valence-corrected chi connectivity index (χ1v) is 8.27. The quantitative estimate of drug-likeness (QED) is 0.819. The summed E-state index contributed by atoms with van der Waals surface area (Å²) in [5.74, 6) is 1.08. The molecule has 4 nitrogen and oxygen atoms in total. The molecule has 1 saturated heterocycles. The van der Waals surface area contributed by atoms with Gasteiger partial charge in [-0.2, -0.15) is 0 Å². The Morgan fingerprint density at radius 2 is 1.95 bits per heavy atom. The number of nitrogens with zero attached hydrogens (tertiary/aromatic N) is 1. The predicted molar refractivity (Wildman–Crippen MR) is 87.6 cm³/mol. The van der Waals surface area contributed by atoms with Gasteiger partial charge in [0.05, 0.1) is 12.5 Å². The normalized spacial score (nSPS) is 24.7. The zero-order valence-electron chi connectivity index (χ0n) is 13.3. The molecule has 1 aliphatic carbocycles. The SMILES string of the molecule is COC(CN)CC(=O)N1CCCC1CC1CCCCC1.Cl. The van der Waals surface area contributed by atoms with E-state index in [1.807, 2.05) is 0 Å². The van der Waals surface area contributed by atoms with Crippen LogP contribution in [0, 0.1) is 5.92 Å². The maximum Gasteiger partial charge on any atom is 0.225 e. The number of likely N-dealkylation sites (tertiary alicyclic amines) is 1. The molecule has 2 unspecified atom stereocenters. The number of halogens is 1. The van der Waals surface area contributed by atoms with E-state index in [9.17, 15) is 4.79 Å². The van der Waals surface area contributed by atoms with E-state index in [0.29, 0.717) is 19.0 Å². The molecular formula is C16H31ClN2O2. The highest BCUT2D eigenvalue weighted by Gasteiger charge is 2.31. The van der Waals surface area contributed by atoms with Gasteiger partial charge in [0, 0.05) is 26.2 Å². The highest BCUT2D eigenvalue weighted by atomic mass is 35.5. The molecule has 1 aliphatic heterocycles. The van der Waals surface area contributed by atoms with Gasteiger partial charge in [0.2, 0.25) is 5.91 Å². The van der Waals surface area contributed by atoms with Gasteiger partial charge in [-0.05, 0) is 25.2 Å². The van der Waals surface area contributed by atoms with Crippen molar-refractivity contribution in [1.29, 1.82) is 0 Å². The lowest BCUT2D eigenvalue weighted by atomic mass is 9.84. The van der Waals surface area contributed by atoms with Crippen molar-refractivity contribution in [3.8, 4) is 0 Å². The zero-order valence-corrected chi connectivity index (χ0v) is 14.1. The molecule has 0 spiro atoms. The van der Waals surface area contributed by atoms with E-state index < -0.39 is 0 Å². The van der Waals surface area contributed by atoms with Gasteiger partial charge in [0.1, 0.15) is 0 Å². The fraction of sp³-hybridized carbons (Fsp3) is 0.938. The van der Waals surface area contributed by atoms with Crippen LogP contribution in [0.15, 0.2) is 0 Å². The standard InChI is InChI=1S/C16H30N2O2.ClH/c1-20-15(12-17)11-16(19)18-9-5-8-14(18)10-13-6-3-2-4-7-13;/h13-15H,2-12,17H2,1H3;1H. The summed E-state index contributed by atoms with van der Waals surface area (Å²) in [6.07, 6.45) is 10.7. The Morgan fingerprint density at radius 1 is 1.24 bits per heavy atom. The number of methoxy groups -OCH3 is 1. The molecule has 2 aliphatic rings. The van der Waals surface area contributed by atoms with Crippen LogP contribution < -0.4 is 5.73 Å². The third-order valence-electron chi connectivity index (χ3n) is 5.03. The number of carbonyl (C=O) groups excluding carboxylic acids is 1. The van der Waals surface area contributed by atoms with Crippen molar-refractivity contribution in [2.75, 3.05) is 20.2 Å². The molecule has 2 N–H and O–H groups in total. The number of rotatable bonds is 6. The molecule has 2 atom stereocenters. The Labute approximate surface area is 135 Å². The molecule has 0 aromatic heterocycles. The van der Waals surface area contributed by atoms with E-state index in [1.54, 1.807) is 7.11 Å². The molecule has 21 heavy (non-hydrogen) atoms. The smallest absolute Gasteiger partial charge is 0.225 e. The fourth-order valence-electron chi connectivity index (χ4n) is 3.79. The van der Waals surface area contributed by atoms with Gasteiger partial charge in [-0.25, -0.2) is 0 Å². The van der Waals surface area contributed by atoms with E-state index in [-0.39, 0.29) is 24.4 Å². The second-order valence-corrected chi connectivity index (χ2v) is 6.42. The van der Waals surface area contributed by atoms with Crippen LogP contribution in [0.1, 0.15) is 57.8 Å². The molecule has 0 radical (unpaired) electrons. The lowest BCUT2D eigenvalue weighted by molar-refractivity contribution is -0.134. The Balaban J connectivity index is 0.00000220. The summed E-state index contributed by atoms with van der Waals surface area (Å²) in [5.41, 5.74) is 5.62. The van der Waals surface area contributed by atoms with Crippen molar-refractivity contribution in [3.05, 3.63) is 0 Å². The van der Waals surface area contributed by atoms with Gasteiger partial charge in [-0.1, -0.05) is 32.1 Å². The first-order valence-electron chi connectivity index (χ1n) is 8.27. The van der Waals surface area contributed by atoms with E-state index in [4.69, 9.17) is 10.5 Å². The van der Waals surface area contributed by atoms with Crippen molar-refractivity contribution in [3.63, 3.8) is 0 Å². The van der Waals surface area contributed by atoms with Crippen LogP contribution in [-0.2, 0) is 9.53 Å². The Morgan fingerprint density at radius 3 is 2.57 bits per heavy atom. The lowest BCUT2D eigenvalue weighted by Gasteiger charge is -2.31. The molecule has 0 bridgehead atoms. The molecule has 1 saturated carbocycles. The Hall–Kier alpha value is -0.320. The minimum absolute atomic E-state index is 0. The number of ether oxygens (including phenoxy) is 1. The molecule has 5 heteroatoms. The Bertz CT molecular complexity index is 305. The first-order chi connectivity index (χ1) is 9.74. The summed E-state index contributed by atoms with van der Waals surface area (Å²) in [6, 6.07) is 0.473. The number of nitrogens with two attached hydrogens (primary N) is 1. The monoisotopic (exact) mass is 318 g/mol. The van der Waals surface area contributed by atoms with Crippen LogP contribution in [0.25, 0.3) is 0 Å². The Kier molecular flexibility index (Phi) is 8.60. The highest BCUT2D eigenvalue weighted by molar-refractivity contribution is 5.85. The van der Waals surface area contributed by atoms with Crippen molar-refractivity contribution in [2.45, 2.75) is 69.9 Å².